The van der Waals surface area contributed by atoms with Crippen molar-refractivity contribution in [1.82, 2.24) is 15.5 Å². The highest BCUT2D eigenvalue weighted by Gasteiger charge is 2.43. The zero-order valence-corrected chi connectivity index (χ0v) is 22.0. The number of nitrogens with zero attached hydrogens (tertiary/aromatic N) is 2. The summed E-state index contributed by atoms with van der Waals surface area (Å²) in [5.41, 5.74) is 0.583. The molecule has 0 radical (unpaired) electrons. The first-order valence-electron chi connectivity index (χ1n) is 12.3. The van der Waals surface area contributed by atoms with Gasteiger partial charge in [-0.05, 0) is 38.8 Å². The summed E-state index contributed by atoms with van der Waals surface area (Å²) in [6, 6.07) is 9.68. The number of amides is 4. The number of carbonyl (C=O) groups excluding carboxylic acids is 4. The normalized spacial score (nSPS) is 15.9. The second-order valence-electron chi connectivity index (χ2n) is 8.99. The van der Waals surface area contributed by atoms with Gasteiger partial charge in [0.25, 0.3) is 5.69 Å². The summed E-state index contributed by atoms with van der Waals surface area (Å²) in [6.45, 7) is 6.42. The molecule has 2 atom stereocenters. The SMILES string of the molecule is CCOC(=O)[C@H](Cc1ccccc1)NC(=O)N1C(=O)NC(C)=C(C(=O)OC(C)C)C1c1cccc([N+](=O)[O-])c1. The van der Waals surface area contributed by atoms with E-state index in [-0.39, 0.29) is 35.5 Å². The van der Waals surface area contributed by atoms with Crippen molar-refractivity contribution < 1.29 is 33.6 Å². The average Bonchev–Trinajstić information content (AvgIpc) is 2.88. The lowest BCUT2D eigenvalue weighted by atomic mass is 9.93. The largest absolute Gasteiger partial charge is 0.464 e. The Hall–Kier alpha value is -4.74. The first-order valence-corrected chi connectivity index (χ1v) is 12.3. The standard InChI is InChI=1S/C27H30N4O8/c1-5-38-24(32)21(14-18-10-7-6-8-11-18)29-27(35)30-23(19-12-9-13-20(15-19)31(36)37)22(17(4)28-26(30)34)25(33)39-16(2)3/h6-13,15-16,21,23H,5,14H2,1-4H3,(H,28,34)(H,29,35)/t21-,23?/m0/s1. The van der Waals surface area contributed by atoms with Crippen LogP contribution >= 0.6 is 0 Å². The van der Waals surface area contributed by atoms with E-state index in [9.17, 15) is 29.3 Å². The van der Waals surface area contributed by atoms with Crippen LogP contribution in [0.15, 0.2) is 65.9 Å². The highest BCUT2D eigenvalue weighted by molar-refractivity contribution is 6.02. The second-order valence-corrected chi connectivity index (χ2v) is 8.99. The molecule has 0 bridgehead atoms. The molecular formula is C27H30N4O8. The lowest BCUT2D eigenvalue weighted by Gasteiger charge is -2.37. The molecule has 1 aliphatic heterocycles. The number of ether oxygens (including phenoxy) is 2. The molecule has 39 heavy (non-hydrogen) atoms. The van der Waals surface area contributed by atoms with Crippen LogP contribution < -0.4 is 10.6 Å². The van der Waals surface area contributed by atoms with Crippen LogP contribution in [-0.4, -0.2) is 52.6 Å². The smallest absolute Gasteiger partial charge is 0.338 e. The van der Waals surface area contributed by atoms with Crippen molar-refractivity contribution in [3.8, 4) is 0 Å². The predicted octanol–water partition coefficient (Wildman–Crippen LogP) is 3.77. The zero-order valence-electron chi connectivity index (χ0n) is 22.0. The number of esters is 2. The molecule has 12 nitrogen and oxygen atoms in total. The zero-order chi connectivity index (χ0) is 28.7. The number of hydrogen-bond donors (Lipinski definition) is 2. The van der Waals surface area contributed by atoms with Crippen LogP contribution in [0.3, 0.4) is 0 Å². The molecule has 1 aliphatic rings. The number of nitrogens with one attached hydrogen (secondary N) is 2. The first-order chi connectivity index (χ1) is 18.5. The number of nitro benzene ring substituents is 1. The quantitative estimate of drug-likeness (QED) is 0.277. The molecular weight excluding hydrogens is 508 g/mol. The number of carbonyl (C=O) groups is 4. The van der Waals surface area contributed by atoms with E-state index in [1.54, 1.807) is 51.1 Å². The van der Waals surface area contributed by atoms with E-state index in [0.717, 1.165) is 5.56 Å². The van der Waals surface area contributed by atoms with Crippen molar-refractivity contribution >= 4 is 29.7 Å². The number of rotatable bonds is 9. The molecule has 3 rings (SSSR count). The Morgan fingerprint density at radius 1 is 1.13 bits per heavy atom. The highest BCUT2D eigenvalue weighted by atomic mass is 16.6. The molecule has 0 aromatic heterocycles. The van der Waals surface area contributed by atoms with Gasteiger partial charge in [0.2, 0.25) is 0 Å². The third-order valence-corrected chi connectivity index (χ3v) is 5.78. The van der Waals surface area contributed by atoms with Gasteiger partial charge in [-0.15, -0.1) is 0 Å². The van der Waals surface area contributed by atoms with Crippen molar-refractivity contribution in [3.05, 3.63) is 87.1 Å². The molecule has 2 aromatic carbocycles. The fourth-order valence-electron chi connectivity index (χ4n) is 4.12. The molecule has 1 heterocycles. The molecule has 0 saturated heterocycles. The highest BCUT2D eigenvalue weighted by Crippen LogP contribution is 2.36. The number of allylic oxidation sites excluding steroid dienone is 1. The average molecular weight is 539 g/mol. The van der Waals surface area contributed by atoms with Crippen molar-refractivity contribution in [3.63, 3.8) is 0 Å². The van der Waals surface area contributed by atoms with Crippen molar-refractivity contribution in [2.75, 3.05) is 6.61 Å². The topological polar surface area (TPSA) is 157 Å². The molecule has 12 heteroatoms. The van der Waals surface area contributed by atoms with Gasteiger partial charge in [-0.3, -0.25) is 10.1 Å². The van der Waals surface area contributed by atoms with Crippen molar-refractivity contribution in [2.45, 2.75) is 52.3 Å². The van der Waals surface area contributed by atoms with Crippen LogP contribution in [0, 0.1) is 10.1 Å². The first kappa shape index (κ1) is 28.8. The Labute approximate surface area is 225 Å². The minimum atomic E-state index is -1.38. The van der Waals surface area contributed by atoms with E-state index >= 15 is 0 Å². The summed E-state index contributed by atoms with van der Waals surface area (Å²) in [5.74, 6) is -1.53. The fourth-order valence-corrected chi connectivity index (χ4v) is 4.12. The van der Waals surface area contributed by atoms with Gasteiger partial charge in [-0.2, -0.15) is 0 Å². The van der Waals surface area contributed by atoms with E-state index in [1.807, 2.05) is 0 Å². The molecule has 2 N–H and O–H groups in total. The number of non-ortho nitro benzene ring substituents is 1. The van der Waals surface area contributed by atoms with Crippen molar-refractivity contribution in [2.24, 2.45) is 0 Å². The van der Waals surface area contributed by atoms with Gasteiger partial charge in [0.1, 0.15) is 12.1 Å². The summed E-state index contributed by atoms with van der Waals surface area (Å²) in [6.07, 6.45) is -0.457. The van der Waals surface area contributed by atoms with Crippen LogP contribution in [0.2, 0.25) is 0 Å². The van der Waals surface area contributed by atoms with E-state index < -0.39 is 47.1 Å². The van der Waals surface area contributed by atoms with Gasteiger partial charge in [-0.1, -0.05) is 42.5 Å². The molecule has 0 spiro atoms. The predicted molar refractivity (Wildman–Crippen MR) is 139 cm³/mol. The monoisotopic (exact) mass is 538 g/mol. The maximum absolute atomic E-state index is 13.7. The van der Waals surface area contributed by atoms with Gasteiger partial charge in [0, 0.05) is 24.3 Å². The van der Waals surface area contributed by atoms with Gasteiger partial charge < -0.3 is 20.1 Å². The lowest BCUT2D eigenvalue weighted by molar-refractivity contribution is -0.384. The summed E-state index contributed by atoms with van der Waals surface area (Å²) < 4.78 is 10.5. The van der Waals surface area contributed by atoms with Gasteiger partial charge in [0.15, 0.2) is 0 Å². The van der Waals surface area contributed by atoms with Gasteiger partial charge >= 0.3 is 24.0 Å². The third kappa shape index (κ3) is 6.98. The molecule has 0 saturated carbocycles. The molecule has 206 valence electrons. The van der Waals surface area contributed by atoms with Crippen LogP contribution in [0.4, 0.5) is 15.3 Å². The maximum Gasteiger partial charge on any atom is 0.338 e. The van der Waals surface area contributed by atoms with Crippen LogP contribution in [-0.2, 0) is 25.5 Å². The van der Waals surface area contributed by atoms with Crippen LogP contribution in [0.25, 0.3) is 0 Å². The second kappa shape index (κ2) is 12.7. The number of nitro groups is 1. The maximum atomic E-state index is 13.7. The van der Waals surface area contributed by atoms with Crippen LogP contribution in [0.1, 0.15) is 44.9 Å². The Bertz CT molecular complexity index is 1290. The van der Waals surface area contributed by atoms with E-state index in [1.165, 1.54) is 31.2 Å². The number of benzene rings is 2. The number of imide groups is 1. The third-order valence-electron chi connectivity index (χ3n) is 5.78. The van der Waals surface area contributed by atoms with Gasteiger partial charge in [-0.25, -0.2) is 24.1 Å². The number of hydrogen-bond acceptors (Lipinski definition) is 8. The Morgan fingerprint density at radius 2 is 1.82 bits per heavy atom. The Morgan fingerprint density at radius 3 is 2.44 bits per heavy atom. The van der Waals surface area contributed by atoms with Gasteiger partial charge in [0.05, 0.1) is 23.2 Å². The Balaban J connectivity index is 2.07. The van der Waals surface area contributed by atoms with Crippen LogP contribution in [0.5, 0.6) is 0 Å². The lowest BCUT2D eigenvalue weighted by Crippen LogP contribution is -2.57. The molecule has 2 aromatic rings. The summed E-state index contributed by atoms with van der Waals surface area (Å²) in [5, 5.41) is 16.5. The molecule has 0 aliphatic carbocycles. The minimum Gasteiger partial charge on any atom is -0.464 e. The fraction of sp³-hybridized carbons (Fsp3) is 0.333. The summed E-state index contributed by atoms with van der Waals surface area (Å²) >= 11 is 0. The van der Waals surface area contributed by atoms with E-state index in [2.05, 4.69) is 10.6 Å². The Kier molecular flexibility index (Phi) is 9.37. The molecule has 1 unspecified atom stereocenters. The van der Waals surface area contributed by atoms with Crippen molar-refractivity contribution in [1.29, 1.82) is 0 Å². The summed E-state index contributed by atoms with van der Waals surface area (Å²) in [7, 11) is 0. The minimum absolute atomic E-state index is 0.0631. The molecule has 0 fully saturated rings. The van der Waals surface area contributed by atoms with E-state index in [4.69, 9.17) is 9.47 Å². The van der Waals surface area contributed by atoms with E-state index in [0.29, 0.717) is 4.90 Å². The molecule has 4 amide bonds. The number of urea groups is 2. The summed E-state index contributed by atoms with van der Waals surface area (Å²) in [4.78, 5) is 64.3.